The highest BCUT2D eigenvalue weighted by molar-refractivity contribution is 5.93. The standard InChI is InChI=1S/C19H21N3O3/c1-14(9-10-23)22(13-15-6-3-2-4-7-15)19(24)17-12-16(20-21-17)18-8-5-11-25-18/h2-8,11-12,14,23H,9-10,13H2,1H3,(H,20,21). The Morgan fingerprint density at radius 1 is 1.28 bits per heavy atom. The Kier molecular flexibility index (Phi) is 5.30. The number of nitrogens with zero attached hydrogens (tertiary/aromatic N) is 2. The van der Waals surface area contributed by atoms with Crippen LogP contribution in [0.3, 0.4) is 0 Å². The van der Waals surface area contributed by atoms with Gasteiger partial charge in [-0.2, -0.15) is 5.10 Å². The van der Waals surface area contributed by atoms with Crippen molar-refractivity contribution >= 4 is 5.91 Å². The van der Waals surface area contributed by atoms with Gasteiger partial charge in [-0.3, -0.25) is 9.89 Å². The number of hydrogen-bond donors (Lipinski definition) is 2. The number of carbonyl (C=O) groups is 1. The molecule has 3 aromatic rings. The van der Waals surface area contributed by atoms with Gasteiger partial charge in [0.1, 0.15) is 5.69 Å². The van der Waals surface area contributed by atoms with E-state index < -0.39 is 0 Å². The number of hydrogen-bond acceptors (Lipinski definition) is 4. The first kappa shape index (κ1) is 17.0. The molecule has 2 heterocycles. The summed E-state index contributed by atoms with van der Waals surface area (Å²) < 4.78 is 5.33. The normalized spacial score (nSPS) is 12.1. The highest BCUT2D eigenvalue weighted by Gasteiger charge is 2.24. The quantitative estimate of drug-likeness (QED) is 0.693. The molecule has 6 heteroatoms. The van der Waals surface area contributed by atoms with Crippen LogP contribution in [0.5, 0.6) is 0 Å². The van der Waals surface area contributed by atoms with Gasteiger partial charge < -0.3 is 14.4 Å². The number of aromatic amines is 1. The number of carbonyl (C=O) groups excluding carboxylic acids is 1. The SMILES string of the molecule is CC(CCO)N(Cc1ccccc1)C(=O)c1cc(-c2ccco2)[nH]n1. The average molecular weight is 339 g/mol. The van der Waals surface area contributed by atoms with Crippen LogP contribution in [0.4, 0.5) is 0 Å². The molecule has 0 bridgehead atoms. The Bertz CT molecular complexity index is 796. The van der Waals surface area contributed by atoms with Gasteiger partial charge in [-0.05, 0) is 31.0 Å². The lowest BCUT2D eigenvalue weighted by Crippen LogP contribution is -2.38. The van der Waals surface area contributed by atoms with E-state index in [0.717, 1.165) is 5.56 Å². The van der Waals surface area contributed by atoms with Crippen LogP contribution in [0.25, 0.3) is 11.5 Å². The molecule has 130 valence electrons. The minimum Gasteiger partial charge on any atom is -0.463 e. The van der Waals surface area contributed by atoms with Crippen molar-refractivity contribution in [2.24, 2.45) is 0 Å². The predicted molar refractivity (Wildman–Crippen MR) is 93.8 cm³/mol. The van der Waals surface area contributed by atoms with Gasteiger partial charge in [0.25, 0.3) is 5.91 Å². The van der Waals surface area contributed by atoms with Crippen LogP contribution < -0.4 is 0 Å². The van der Waals surface area contributed by atoms with E-state index in [1.807, 2.05) is 37.3 Å². The van der Waals surface area contributed by atoms with E-state index >= 15 is 0 Å². The number of aliphatic hydroxyl groups is 1. The van der Waals surface area contributed by atoms with E-state index in [1.54, 1.807) is 29.4 Å². The monoisotopic (exact) mass is 339 g/mol. The molecule has 25 heavy (non-hydrogen) atoms. The summed E-state index contributed by atoms with van der Waals surface area (Å²) in [6.45, 7) is 2.42. The molecule has 2 aromatic heterocycles. The number of nitrogens with one attached hydrogen (secondary N) is 1. The van der Waals surface area contributed by atoms with Crippen molar-refractivity contribution < 1.29 is 14.3 Å². The molecule has 0 aliphatic rings. The summed E-state index contributed by atoms with van der Waals surface area (Å²) in [6, 6.07) is 14.9. The minimum absolute atomic E-state index is 0.0257. The summed E-state index contributed by atoms with van der Waals surface area (Å²) in [5, 5.41) is 16.2. The fourth-order valence-electron chi connectivity index (χ4n) is 2.69. The summed E-state index contributed by atoms with van der Waals surface area (Å²) in [4.78, 5) is 14.7. The zero-order valence-corrected chi connectivity index (χ0v) is 14.1. The van der Waals surface area contributed by atoms with Crippen molar-refractivity contribution in [2.75, 3.05) is 6.61 Å². The molecular formula is C19H21N3O3. The molecule has 0 spiro atoms. The predicted octanol–water partition coefficient (Wildman–Crippen LogP) is 3.08. The zero-order valence-electron chi connectivity index (χ0n) is 14.1. The van der Waals surface area contributed by atoms with E-state index in [1.165, 1.54) is 0 Å². The second-order valence-electron chi connectivity index (χ2n) is 5.92. The van der Waals surface area contributed by atoms with Gasteiger partial charge >= 0.3 is 0 Å². The largest absolute Gasteiger partial charge is 0.463 e. The molecule has 0 saturated heterocycles. The zero-order chi connectivity index (χ0) is 17.6. The highest BCUT2D eigenvalue weighted by Crippen LogP contribution is 2.20. The second kappa shape index (κ2) is 7.81. The molecular weight excluding hydrogens is 318 g/mol. The number of rotatable bonds is 7. The van der Waals surface area contributed by atoms with Crippen LogP contribution in [-0.4, -0.2) is 38.8 Å². The van der Waals surface area contributed by atoms with Gasteiger partial charge in [-0.25, -0.2) is 0 Å². The Morgan fingerprint density at radius 2 is 2.08 bits per heavy atom. The molecule has 0 saturated carbocycles. The third-order valence-electron chi connectivity index (χ3n) is 4.12. The van der Waals surface area contributed by atoms with E-state index in [9.17, 15) is 9.90 Å². The molecule has 3 rings (SSSR count). The Morgan fingerprint density at radius 3 is 2.76 bits per heavy atom. The van der Waals surface area contributed by atoms with Crippen molar-refractivity contribution in [3.8, 4) is 11.5 Å². The molecule has 2 N–H and O–H groups in total. The lowest BCUT2D eigenvalue weighted by molar-refractivity contribution is 0.0642. The fraction of sp³-hybridized carbons (Fsp3) is 0.263. The lowest BCUT2D eigenvalue weighted by atomic mass is 10.1. The summed E-state index contributed by atoms with van der Waals surface area (Å²) in [5.41, 5.74) is 2.01. The van der Waals surface area contributed by atoms with Crippen molar-refractivity contribution in [1.82, 2.24) is 15.1 Å². The number of aliphatic hydroxyl groups excluding tert-OH is 1. The topological polar surface area (TPSA) is 82.4 Å². The first-order valence-corrected chi connectivity index (χ1v) is 8.24. The fourth-order valence-corrected chi connectivity index (χ4v) is 2.69. The smallest absolute Gasteiger partial charge is 0.274 e. The van der Waals surface area contributed by atoms with Gasteiger partial charge in [-0.15, -0.1) is 0 Å². The van der Waals surface area contributed by atoms with Crippen LogP contribution in [-0.2, 0) is 6.54 Å². The maximum absolute atomic E-state index is 13.0. The van der Waals surface area contributed by atoms with Crippen LogP contribution in [0.2, 0.25) is 0 Å². The van der Waals surface area contributed by atoms with Crippen molar-refractivity contribution in [1.29, 1.82) is 0 Å². The molecule has 1 amide bonds. The maximum Gasteiger partial charge on any atom is 0.274 e. The lowest BCUT2D eigenvalue weighted by Gasteiger charge is -2.28. The van der Waals surface area contributed by atoms with Crippen LogP contribution in [0.1, 0.15) is 29.4 Å². The van der Waals surface area contributed by atoms with Gasteiger partial charge in [0.05, 0.1) is 6.26 Å². The minimum atomic E-state index is -0.182. The van der Waals surface area contributed by atoms with E-state index in [-0.39, 0.29) is 18.6 Å². The molecule has 0 aliphatic heterocycles. The van der Waals surface area contributed by atoms with E-state index in [4.69, 9.17) is 4.42 Å². The first-order valence-electron chi connectivity index (χ1n) is 8.24. The molecule has 0 aliphatic carbocycles. The van der Waals surface area contributed by atoms with Crippen LogP contribution >= 0.6 is 0 Å². The van der Waals surface area contributed by atoms with Crippen LogP contribution in [0.15, 0.2) is 59.2 Å². The van der Waals surface area contributed by atoms with Gasteiger partial charge in [0.2, 0.25) is 0 Å². The van der Waals surface area contributed by atoms with Gasteiger partial charge in [0, 0.05) is 25.3 Å². The van der Waals surface area contributed by atoms with Gasteiger partial charge in [-0.1, -0.05) is 30.3 Å². The van der Waals surface area contributed by atoms with E-state index in [0.29, 0.717) is 30.1 Å². The Labute approximate surface area is 146 Å². The van der Waals surface area contributed by atoms with E-state index in [2.05, 4.69) is 10.2 Å². The van der Waals surface area contributed by atoms with Crippen molar-refractivity contribution in [3.05, 3.63) is 66.1 Å². The average Bonchev–Trinajstić information content (AvgIpc) is 3.31. The highest BCUT2D eigenvalue weighted by atomic mass is 16.3. The number of H-pyrrole nitrogens is 1. The van der Waals surface area contributed by atoms with Crippen LogP contribution in [0, 0.1) is 0 Å². The van der Waals surface area contributed by atoms with Crippen molar-refractivity contribution in [3.63, 3.8) is 0 Å². The summed E-state index contributed by atoms with van der Waals surface area (Å²) in [5.74, 6) is 0.448. The number of aromatic nitrogens is 2. The third kappa shape index (κ3) is 3.97. The molecule has 6 nitrogen and oxygen atoms in total. The molecule has 1 atom stereocenters. The Hall–Kier alpha value is -2.86. The summed E-state index contributed by atoms with van der Waals surface area (Å²) >= 11 is 0. The summed E-state index contributed by atoms with van der Waals surface area (Å²) in [7, 11) is 0. The Balaban J connectivity index is 1.83. The molecule has 1 unspecified atom stereocenters. The maximum atomic E-state index is 13.0. The first-order chi connectivity index (χ1) is 12.2. The summed E-state index contributed by atoms with van der Waals surface area (Å²) in [6.07, 6.45) is 2.08. The molecule has 0 radical (unpaired) electrons. The van der Waals surface area contributed by atoms with Gasteiger partial charge in [0.15, 0.2) is 11.5 Å². The number of benzene rings is 1. The number of furan rings is 1. The van der Waals surface area contributed by atoms with Crippen molar-refractivity contribution in [2.45, 2.75) is 25.9 Å². The molecule has 0 fully saturated rings. The molecule has 1 aromatic carbocycles. The third-order valence-corrected chi connectivity index (χ3v) is 4.12. The number of amides is 1. The second-order valence-corrected chi connectivity index (χ2v) is 5.92.